The van der Waals surface area contributed by atoms with Gasteiger partial charge in [-0.25, -0.2) is 4.68 Å². The van der Waals surface area contributed by atoms with Crippen molar-refractivity contribution >= 4 is 39.8 Å². The summed E-state index contributed by atoms with van der Waals surface area (Å²) >= 11 is 5.54. The van der Waals surface area contributed by atoms with E-state index in [-0.39, 0.29) is 6.04 Å². The zero-order valence-corrected chi connectivity index (χ0v) is 15.7. The predicted octanol–water partition coefficient (Wildman–Crippen LogP) is 3.98. The third-order valence-corrected chi connectivity index (χ3v) is 5.04. The number of hydrogen-bond acceptors (Lipinski definition) is 3. The third-order valence-electron chi connectivity index (χ3n) is 4.82. The van der Waals surface area contributed by atoms with Gasteiger partial charge in [0.15, 0.2) is 5.11 Å². The molecule has 1 aliphatic heterocycles. The van der Waals surface area contributed by atoms with Gasteiger partial charge >= 0.3 is 0 Å². The van der Waals surface area contributed by atoms with Crippen molar-refractivity contribution in [2.45, 2.75) is 6.04 Å². The highest BCUT2D eigenvalue weighted by atomic mass is 32.1. The lowest BCUT2D eigenvalue weighted by atomic mass is 9.97. The summed E-state index contributed by atoms with van der Waals surface area (Å²) in [7, 11) is 0. The molecule has 2 N–H and O–H groups in total. The topological polar surface area (TPSA) is 54.8 Å². The minimum atomic E-state index is -0.157. The van der Waals surface area contributed by atoms with Crippen molar-refractivity contribution in [1.82, 2.24) is 25.6 Å². The molecule has 1 aromatic heterocycles. The molecule has 0 fully saturated rings. The molecule has 0 amide bonds. The fraction of sp³-hybridized carbons (Fsp3) is 0.0455. The fourth-order valence-corrected chi connectivity index (χ4v) is 3.76. The van der Waals surface area contributed by atoms with Gasteiger partial charge in [-0.3, -0.25) is 0 Å². The Kier molecular flexibility index (Phi) is 4.10. The third kappa shape index (κ3) is 2.84. The molecule has 1 atom stereocenters. The highest BCUT2D eigenvalue weighted by Gasteiger charge is 2.30. The summed E-state index contributed by atoms with van der Waals surface area (Å²) in [5.74, 6) is 0. The average Bonchev–Trinajstić information content (AvgIpc) is 3.18. The minimum absolute atomic E-state index is 0.157. The molecule has 2 heterocycles. The molecule has 5 nitrogen and oxygen atoms in total. The normalized spacial score (nSPS) is 16.7. The lowest BCUT2D eigenvalue weighted by Gasteiger charge is -2.32. The Morgan fingerprint density at radius 3 is 2.29 bits per heavy atom. The van der Waals surface area contributed by atoms with Crippen LogP contribution < -0.4 is 10.6 Å². The van der Waals surface area contributed by atoms with Gasteiger partial charge < -0.3 is 10.6 Å². The summed E-state index contributed by atoms with van der Waals surface area (Å²) in [5, 5.41) is 16.2. The van der Waals surface area contributed by atoms with E-state index in [1.807, 2.05) is 65.3 Å². The maximum atomic E-state index is 5.54. The van der Waals surface area contributed by atoms with Crippen LogP contribution in [0.15, 0.2) is 84.9 Å². The number of rotatable bonds is 3. The number of benzene rings is 3. The monoisotopic (exact) mass is 383 g/mol. The number of para-hydroxylation sites is 1. The second-order valence-electron chi connectivity index (χ2n) is 6.56. The van der Waals surface area contributed by atoms with E-state index in [4.69, 9.17) is 12.2 Å². The van der Waals surface area contributed by atoms with E-state index in [0.717, 1.165) is 33.6 Å². The van der Waals surface area contributed by atoms with Gasteiger partial charge in [-0.2, -0.15) is 0 Å². The molecule has 0 saturated carbocycles. The molecule has 1 unspecified atom stereocenters. The molecule has 1 aliphatic rings. The van der Waals surface area contributed by atoms with Crippen LogP contribution in [-0.2, 0) is 0 Å². The molecule has 5 rings (SSSR count). The van der Waals surface area contributed by atoms with E-state index >= 15 is 0 Å². The Morgan fingerprint density at radius 1 is 0.821 bits per heavy atom. The molecule has 28 heavy (non-hydrogen) atoms. The van der Waals surface area contributed by atoms with Gasteiger partial charge in [0.2, 0.25) is 0 Å². The molecule has 6 heteroatoms. The molecule has 4 aromatic rings. The number of nitrogens with zero attached hydrogens (tertiary/aromatic N) is 3. The van der Waals surface area contributed by atoms with Crippen molar-refractivity contribution in [1.29, 1.82) is 0 Å². The van der Waals surface area contributed by atoms with Crippen molar-refractivity contribution in [2.75, 3.05) is 0 Å². The zero-order valence-electron chi connectivity index (χ0n) is 14.9. The summed E-state index contributed by atoms with van der Waals surface area (Å²) in [5.41, 5.74) is 5.83. The van der Waals surface area contributed by atoms with Gasteiger partial charge in [0.1, 0.15) is 5.52 Å². The van der Waals surface area contributed by atoms with Gasteiger partial charge in [-0.05, 0) is 35.5 Å². The van der Waals surface area contributed by atoms with E-state index in [2.05, 4.69) is 45.2 Å². The molecule has 0 saturated heterocycles. The van der Waals surface area contributed by atoms with Gasteiger partial charge in [-0.1, -0.05) is 78.0 Å². The van der Waals surface area contributed by atoms with E-state index < -0.39 is 0 Å². The molecule has 3 aromatic carbocycles. The maximum Gasteiger partial charge on any atom is 0.171 e. The summed E-state index contributed by atoms with van der Waals surface area (Å²) in [6, 6.07) is 28.2. The van der Waals surface area contributed by atoms with Crippen LogP contribution in [0.2, 0.25) is 0 Å². The highest BCUT2D eigenvalue weighted by molar-refractivity contribution is 7.80. The first-order valence-corrected chi connectivity index (χ1v) is 9.45. The van der Waals surface area contributed by atoms with Gasteiger partial charge in [0.25, 0.3) is 0 Å². The molecule has 0 radical (unpaired) electrons. The summed E-state index contributed by atoms with van der Waals surface area (Å²) in [4.78, 5) is 0. The van der Waals surface area contributed by atoms with Crippen molar-refractivity contribution in [2.24, 2.45) is 0 Å². The zero-order chi connectivity index (χ0) is 18.9. The highest BCUT2D eigenvalue weighted by Crippen LogP contribution is 2.35. The van der Waals surface area contributed by atoms with Crippen LogP contribution in [0, 0.1) is 0 Å². The number of aromatic nitrogens is 3. The van der Waals surface area contributed by atoms with Crippen molar-refractivity contribution in [3.8, 4) is 0 Å². The predicted molar refractivity (Wildman–Crippen MR) is 115 cm³/mol. The van der Waals surface area contributed by atoms with Crippen LogP contribution in [0.5, 0.6) is 0 Å². The number of nitrogens with one attached hydrogen (secondary N) is 2. The van der Waals surface area contributed by atoms with Crippen LogP contribution in [0.25, 0.3) is 22.4 Å². The minimum Gasteiger partial charge on any atom is -0.350 e. The Balaban J connectivity index is 1.81. The first-order chi connectivity index (χ1) is 13.8. The van der Waals surface area contributed by atoms with E-state index in [9.17, 15) is 0 Å². The first kappa shape index (κ1) is 16.6. The van der Waals surface area contributed by atoms with Crippen LogP contribution >= 0.6 is 12.2 Å². The Labute approximate surface area is 167 Å². The molecular formula is C22H17N5S. The second-order valence-corrected chi connectivity index (χ2v) is 6.97. The Hall–Kier alpha value is -3.51. The molecule has 0 aliphatic carbocycles. The van der Waals surface area contributed by atoms with Crippen molar-refractivity contribution in [3.05, 3.63) is 96.1 Å². The van der Waals surface area contributed by atoms with Crippen LogP contribution in [-0.4, -0.2) is 20.1 Å². The summed E-state index contributed by atoms with van der Waals surface area (Å²) in [6.45, 7) is 0. The lowest BCUT2D eigenvalue weighted by molar-refractivity contribution is 0.702. The Bertz CT molecular complexity index is 1180. The van der Waals surface area contributed by atoms with Crippen LogP contribution in [0.4, 0.5) is 0 Å². The molecular weight excluding hydrogens is 366 g/mol. The first-order valence-electron chi connectivity index (χ1n) is 9.04. The van der Waals surface area contributed by atoms with Gasteiger partial charge in [0.05, 0.1) is 23.0 Å². The van der Waals surface area contributed by atoms with E-state index in [1.54, 1.807) is 0 Å². The largest absolute Gasteiger partial charge is 0.350 e. The lowest BCUT2D eigenvalue weighted by Crippen LogP contribution is -2.44. The smallest absolute Gasteiger partial charge is 0.171 e. The second kappa shape index (κ2) is 6.90. The van der Waals surface area contributed by atoms with Gasteiger partial charge in [0, 0.05) is 0 Å². The number of fused-ring (bicyclic) bond motifs is 1. The standard InChI is InChI=1S/C22H17N5S/c28-22-23-19(15-9-3-1-4-10-15)21(20(24-22)16-11-5-2-6-12-16)27-18-14-8-7-13-17(18)25-26-27/h1-14,19H,(H2,23,24,28). The van der Waals surface area contributed by atoms with Crippen molar-refractivity contribution < 1.29 is 0 Å². The van der Waals surface area contributed by atoms with Gasteiger partial charge in [-0.15, -0.1) is 5.10 Å². The average molecular weight is 383 g/mol. The summed E-state index contributed by atoms with van der Waals surface area (Å²) in [6.07, 6.45) is 0. The van der Waals surface area contributed by atoms with E-state index in [0.29, 0.717) is 5.11 Å². The quantitative estimate of drug-likeness (QED) is 0.524. The fourth-order valence-electron chi connectivity index (χ4n) is 3.54. The molecule has 0 bridgehead atoms. The van der Waals surface area contributed by atoms with Crippen LogP contribution in [0.3, 0.4) is 0 Å². The SMILES string of the molecule is S=C1NC(c2ccccc2)=C(n2nnc3ccccc32)C(c2ccccc2)N1. The van der Waals surface area contributed by atoms with Crippen LogP contribution in [0.1, 0.15) is 17.2 Å². The molecule has 136 valence electrons. The molecule has 0 spiro atoms. The van der Waals surface area contributed by atoms with E-state index in [1.165, 1.54) is 0 Å². The number of hydrogen-bond donors (Lipinski definition) is 2. The maximum absolute atomic E-state index is 5.54. The Morgan fingerprint density at radius 2 is 1.50 bits per heavy atom. The summed E-state index contributed by atoms with van der Waals surface area (Å²) < 4.78 is 1.90. The number of thiocarbonyl (C=S) groups is 1. The van der Waals surface area contributed by atoms with Crippen molar-refractivity contribution in [3.63, 3.8) is 0 Å².